The zero-order chi connectivity index (χ0) is 93.0. The molecular formula is C111H104Br2F8N2O8. The molecule has 0 bridgehead atoms. The Balaban J connectivity index is 0.000000199. The Bertz CT molecular complexity index is 5590. The highest BCUT2D eigenvalue weighted by molar-refractivity contribution is 9.10. The zero-order valence-electron chi connectivity index (χ0n) is 72.8. The van der Waals surface area contributed by atoms with Gasteiger partial charge in [0.25, 0.3) is 0 Å². The number of halogens is 10. The van der Waals surface area contributed by atoms with Crippen LogP contribution in [0.1, 0.15) is 188 Å². The van der Waals surface area contributed by atoms with E-state index in [1.165, 1.54) is 61.0 Å². The van der Waals surface area contributed by atoms with Crippen molar-refractivity contribution in [1.82, 2.24) is 0 Å². The van der Waals surface area contributed by atoms with E-state index in [1.54, 1.807) is 103 Å². The lowest BCUT2D eigenvalue weighted by Crippen LogP contribution is -1.98. The Morgan fingerprint density at radius 2 is 0.458 bits per heavy atom. The van der Waals surface area contributed by atoms with Crippen molar-refractivity contribution in [2.24, 2.45) is 0 Å². The highest BCUT2D eigenvalue weighted by atomic mass is 79.9. The molecule has 0 aromatic heterocycles. The predicted molar refractivity (Wildman–Crippen MR) is 507 cm³/mol. The minimum absolute atomic E-state index is 0.215. The van der Waals surface area contributed by atoms with Crippen LogP contribution in [0.3, 0.4) is 0 Å². The quantitative estimate of drug-likeness (QED) is 0.0194. The number of unbranched alkanes of at least 4 members (excludes halogenated alkanes) is 15. The molecule has 0 heterocycles. The van der Waals surface area contributed by atoms with Crippen molar-refractivity contribution in [3.8, 4) is 81.8 Å². The zero-order valence-corrected chi connectivity index (χ0v) is 76.0. The third-order valence-corrected chi connectivity index (χ3v) is 21.5. The van der Waals surface area contributed by atoms with Crippen molar-refractivity contribution in [3.63, 3.8) is 0 Å². The van der Waals surface area contributed by atoms with Gasteiger partial charge in [0.05, 0.1) is 23.3 Å². The van der Waals surface area contributed by atoms with Gasteiger partial charge < -0.3 is 39.0 Å². The highest BCUT2D eigenvalue weighted by Crippen LogP contribution is 2.29. The van der Waals surface area contributed by atoms with E-state index in [2.05, 4.69) is 67.7 Å². The van der Waals surface area contributed by atoms with Crippen molar-refractivity contribution >= 4 is 31.9 Å². The number of ether oxygens (including phenoxy) is 5. The Kier molecular flexibility index (Phi) is 44.7. The molecule has 0 saturated carbocycles. The summed E-state index contributed by atoms with van der Waals surface area (Å²) in [6.07, 6.45) is 22.0. The highest BCUT2D eigenvalue weighted by Gasteiger charge is 2.13. The number of phenols is 3. The van der Waals surface area contributed by atoms with Crippen molar-refractivity contribution in [1.29, 1.82) is 10.5 Å². The lowest BCUT2D eigenvalue weighted by Gasteiger charge is -2.09. The molecule has 0 aliphatic heterocycles. The fourth-order valence-electron chi connectivity index (χ4n) is 13.2. The number of nitrogens with zero attached hydrogens (tertiary/aromatic N) is 2. The molecule has 20 heteroatoms. The van der Waals surface area contributed by atoms with Gasteiger partial charge in [-0.05, 0) is 260 Å². The monoisotopic (exact) mass is 1900 g/mol. The lowest BCUT2D eigenvalue weighted by molar-refractivity contribution is 0.290. The number of nitriles is 2. The van der Waals surface area contributed by atoms with E-state index < -0.39 is 29.1 Å². The van der Waals surface area contributed by atoms with Crippen molar-refractivity contribution in [2.75, 3.05) is 0 Å². The van der Waals surface area contributed by atoms with Crippen LogP contribution in [-0.4, -0.2) is 15.3 Å². The maximum Gasteiger partial charge on any atom is 0.166 e. The van der Waals surface area contributed by atoms with E-state index in [4.69, 9.17) is 49.5 Å². The third-order valence-electron chi connectivity index (χ3n) is 20.5. The molecule has 10 nitrogen and oxygen atoms in total. The van der Waals surface area contributed by atoms with Crippen LogP contribution in [-0.2, 0) is 58.7 Å². The van der Waals surface area contributed by atoms with E-state index >= 15 is 0 Å². The summed E-state index contributed by atoms with van der Waals surface area (Å²) < 4.78 is 139. The number of rotatable bonds is 38. The summed E-state index contributed by atoms with van der Waals surface area (Å²) in [6, 6.07) is 85.1. The minimum Gasteiger partial charge on any atom is -0.505 e. The molecule has 0 amide bonds. The van der Waals surface area contributed by atoms with Gasteiger partial charge in [0.2, 0.25) is 0 Å². The Morgan fingerprint density at radius 3 is 0.740 bits per heavy atom. The first-order chi connectivity index (χ1) is 63.7. The van der Waals surface area contributed by atoms with Gasteiger partial charge in [-0.15, -0.1) is 0 Å². The summed E-state index contributed by atoms with van der Waals surface area (Å²) in [5.41, 5.74) is 11.0. The normalized spacial score (nSPS) is 10.4. The maximum atomic E-state index is 14.5. The second-order valence-electron chi connectivity index (χ2n) is 30.8. The van der Waals surface area contributed by atoms with Crippen LogP contribution in [0.2, 0.25) is 0 Å². The van der Waals surface area contributed by atoms with Crippen molar-refractivity contribution in [3.05, 3.63) is 413 Å². The fraction of sp³-hybridized carbons (Fsp3) is 0.243. The number of benzene rings is 13. The molecule has 0 aliphatic rings. The second kappa shape index (κ2) is 57.6. The molecule has 3 N–H and O–H groups in total. The van der Waals surface area contributed by atoms with Gasteiger partial charge in [-0.2, -0.15) is 10.5 Å². The SMILES string of the molecule is Fc1cc(Br)ccc1OCc1ccccc1.Fc1cc(C#CCCCCC#Cc2ccc(OCc3ccccc3)c(F)c2)ccc1OCc1ccccc1.N#Cc1ccc(COc2ccc(CCCCCCCCCc3ccc(OCc4ccc(C#N)cc4)c(F)c3)cc2F)cc1.Oc1ccc(Br)cc1F.Oc1ccc(CCCCCCCCCc2ccc(O)c(F)c2)cc1F. The van der Waals surface area contributed by atoms with Crippen LogP contribution in [0.25, 0.3) is 0 Å². The Labute approximate surface area is 780 Å². The van der Waals surface area contributed by atoms with Gasteiger partial charge >= 0.3 is 0 Å². The average Bonchev–Trinajstić information content (AvgIpc) is 0.827. The smallest absolute Gasteiger partial charge is 0.166 e. The lowest BCUT2D eigenvalue weighted by atomic mass is 10.0. The maximum absolute atomic E-state index is 14.5. The van der Waals surface area contributed by atoms with Crippen molar-refractivity contribution < 1.29 is 74.1 Å². The Hall–Kier alpha value is -13.2. The Morgan fingerprint density at radius 1 is 0.229 bits per heavy atom. The van der Waals surface area contributed by atoms with E-state index in [0.717, 1.165) is 172 Å². The van der Waals surface area contributed by atoms with E-state index in [0.29, 0.717) is 63.9 Å². The van der Waals surface area contributed by atoms with E-state index in [-0.39, 0.29) is 76.7 Å². The van der Waals surface area contributed by atoms with Crippen LogP contribution >= 0.6 is 31.9 Å². The fourth-order valence-corrected chi connectivity index (χ4v) is 13.9. The first-order valence-corrected chi connectivity index (χ1v) is 45.2. The summed E-state index contributed by atoms with van der Waals surface area (Å²) in [5.74, 6) is 8.83. The number of hydrogen-bond donors (Lipinski definition) is 3. The van der Waals surface area contributed by atoms with Gasteiger partial charge in [-0.3, -0.25) is 0 Å². The third kappa shape index (κ3) is 38.9. The van der Waals surface area contributed by atoms with Gasteiger partial charge in [-0.1, -0.05) is 259 Å². The molecule has 13 rings (SSSR count). The molecule has 13 aromatic rings. The number of aromatic hydroxyl groups is 3. The molecule has 0 atom stereocenters. The summed E-state index contributed by atoms with van der Waals surface area (Å²) >= 11 is 6.24. The number of hydrogen-bond acceptors (Lipinski definition) is 10. The van der Waals surface area contributed by atoms with E-state index in [9.17, 15) is 35.1 Å². The van der Waals surface area contributed by atoms with Crippen LogP contribution in [0.15, 0.2) is 294 Å². The van der Waals surface area contributed by atoms with Gasteiger partial charge in [0, 0.05) is 32.9 Å². The molecule has 131 heavy (non-hydrogen) atoms. The molecule has 0 unspecified atom stereocenters. The predicted octanol–water partition coefficient (Wildman–Crippen LogP) is 29.8. The van der Waals surface area contributed by atoms with Crippen molar-refractivity contribution in [2.45, 2.75) is 174 Å². The standard InChI is InChI=1S/C37H36F2N2O2.C34H28F2O2.C21H26F2O2.C13H10BrFO.C6H4BrFO/c38-34-22-28(18-20-36(34)42-26-32-14-10-30(24-40)11-15-32)8-6-4-2-1-3-5-7-9-29-19-21-37(35(39)23-29)43-27-33-16-12-31(25-41)13-17-33;35-31-23-27(19-21-33(31)37-25-29-15-9-5-10-16-29)13-7-3-1-2-4-8-14-28-20-22-34(32(36)24-28)38-26-30-17-11-6-12-18-30;22-18-14-16(10-12-20(18)24)8-6-4-2-1-3-5-7-9-17-11-13-21(25)19(23)15-17;14-11-6-7-13(12(15)8-11)16-9-10-4-2-1-3-5-10;7-4-1-2-6(9)5(8)3-4/h10-23H,1-9,26-27H2;5-6,9-12,15-24H,1-4,25-26H2;10-15,24-25H,1-9H2;1-8H,9H2;1-3,9H. The molecule has 0 spiro atoms. The summed E-state index contributed by atoms with van der Waals surface area (Å²) in [6.45, 7) is 1.51. The minimum atomic E-state index is -0.607. The average molecular weight is 1910 g/mol. The second-order valence-corrected chi connectivity index (χ2v) is 32.7. The molecule has 0 aliphatic carbocycles. The first-order valence-electron chi connectivity index (χ1n) is 43.6. The van der Waals surface area contributed by atoms with Crippen LogP contribution in [0, 0.1) is 92.9 Å². The van der Waals surface area contributed by atoms with Gasteiger partial charge in [0.1, 0.15) is 33.0 Å². The van der Waals surface area contributed by atoms with Crippen LogP contribution in [0.5, 0.6) is 46.0 Å². The molecule has 676 valence electrons. The van der Waals surface area contributed by atoms with Crippen LogP contribution < -0.4 is 23.7 Å². The molecule has 0 fully saturated rings. The van der Waals surface area contributed by atoms with E-state index in [1.807, 2.05) is 127 Å². The first kappa shape index (κ1) is 102. The molecule has 0 saturated heterocycles. The van der Waals surface area contributed by atoms with Gasteiger partial charge in [-0.25, -0.2) is 35.1 Å². The van der Waals surface area contributed by atoms with Crippen LogP contribution in [0.4, 0.5) is 35.1 Å². The summed E-state index contributed by atoms with van der Waals surface area (Å²) in [7, 11) is 0. The number of aryl methyl sites for hydroxylation is 4. The molecular weight excluding hydrogens is 1800 g/mol. The largest absolute Gasteiger partial charge is 0.505 e. The summed E-state index contributed by atoms with van der Waals surface area (Å²) in [5, 5.41) is 44.7. The topological polar surface area (TPSA) is 154 Å². The summed E-state index contributed by atoms with van der Waals surface area (Å²) in [4.78, 5) is 0. The number of phenolic OH excluding ortho intramolecular Hbond substituents is 3. The molecule has 13 aromatic carbocycles. The molecule has 0 radical (unpaired) electrons. The van der Waals surface area contributed by atoms with Gasteiger partial charge in [0.15, 0.2) is 92.5 Å².